The number of ether oxygens (including phenoxy) is 2. The molecule has 1 saturated heterocycles. The molecule has 2 aliphatic rings. The van der Waals surface area contributed by atoms with Gasteiger partial charge in [0.15, 0.2) is 23.8 Å². The van der Waals surface area contributed by atoms with E-state index >= 15 is 0 Å². The average Bonchev–Trinajstić information content (AvgIpc) is 3.24. The van der Waals surface area contributed by atoms with Crippen LogP contribution in [0.2, 0.25) is 0 Å². The predicted octanol–water partition coefficient (Wildman–Crippen LogP) is 5.90. The zero-order chi connectivity index (χ0) is 25.5. The number of carbonyl (C=O) groups excluding carboxylic acids is 1. The maximum absolute atomic E-state index is 12.4. The molecule has 2 heterocycles. The molecule has 0 spiro atoms. The van der Waals surface area contributed by atoms with E-state index in [1.807, 2.05) is 34.9 Å². The summed E-state index contributed by atoms with van der Waals surface area (Å²) in [6.45, 7) is 8.39. The van der Waals surface area contributed by atoms with E-state index in [1.54, 1.807) is 25.3 Å². The topological polar surface area (TPSA) is 88.6 Å². The summed E-state index contributed by atoms with van der Waals surface area (Å²) in [5, 5.41) is 19.9. The second kappa shape index (κ2) is 9.24. The minimum atomic E-state index is -0.555. The van der Waals surface area contributed by atoms with Gasteiger partial charge in [0.2, 0.25) is 5.88 Å². The number of likely N-dealkylation sites (tertiary alicyclic amines) is 1. The number of aromatic hydroxyl groups is 1. The van der Waals surface area contributed by atoms with Gasteiger partial charge in [0, 0.05) is 18.0 Å². The number of amides is 1. The fourth-order valence-electron chi connectivity index (χ4n) is 6.45. The summed E-state index contributed by atoms with van der Waals surface area (Å²) in [5.41, 5.74) is 1.78. The highest BCUT2D eigenvalue weighted by molar-refractivity contribution is 5.95. The van der Waals surface area contributed by atoms with Crippen molar-refractivity contribution in [2.45, 2.75) is 52.7 Å². The van der Waals surface area contributed by atoms with E-state index in [-0.39, 0.29) is 12.5 Å². The fourth-order valence-corrected chi connectivity index (χ4v) is 6.45. The first-order valence-electron chi connectivity index (χ1n) is 12.4. The second-order valence-corrected chi connectivity index (χ2v) is 11.3. The van der Waals surface area contributed by atoms with Crippen LogP contribution in [0.5, 0.6) is 17.4 Å². The Morgan fingerprint density at radius 3 is 2.58 bits per heavy atom. The van der Waals surface area contributed by atoms with Gasteiger partial charge in [0.1, 0.15) is 0 Å². The first-order chi connectivity index (χ1) is 17.2. The summed E-state index contributed by atoms with van der Waals surface area (Å²) < 4.78 is 12.7. The van der Waals surface area contributed by atoms with Crippen LogP contribution in [0.15, 0.2) is 58.8 Å². The van der Waals surface area contributed by atoms with Gasteiger partial charge in [-0.3, -0.25) is 14.3 Å². The number of para-hydroxylation sites is 3. The van der Waals surface area contributed by atoms with Gasteiger partial charge in [0.25, 0.3) is 0 Å². The van der Waals surface area contributed by atoms with Crippen LogP contribution in [-0.4, -0.2) is 46.8 Å². The molecule has 8 heteroatoms. The lowest BCUT2D eigenvalue weighted by Crippen LogP contribution is -2.35. The van der Waals surface area contributed by atoms with E-state index in [1.165, 1.54) is 12.8 Å². The Morgan fingerprint density at radius 1 is 1.08 bits per heavy atom. The number of hydrogen-bond donors (Lipinski definition) is 1. The summed E-state index contributed by atoms with van der Waals surface area (Å²) in [6, 6.07) is 15.3. The number of azo groups is 1. The fraction of sp³-hybridized carbons (Fsp3) is 0.464. The number of benzene rings is 2. The molecule has 1 saturated carbocycles. The zero-order valence-electron chi connectivity index (χ0n) is 21.4. The number of aromatic nitrogens is 1. The number of fused-ring (bicyclic) bond motifs is 3. The first-order valence-corrected chi connectivity index (χ1v) is 12.4. The Hall–Kier alpha value is -3.39. The zero-order valence-corrected chi connectivity index (χ0v) is 21.4. The van der Waals surface area contributed by atoms with Crippen LogP contribution >= 0.6 is 0 Å². The summed E-state index contributed by atoms with van der Waals surface area (Å²) in [4.78, 5) is 14.9. The molecular weight excluding hydrogens is 456 g/mol. The van der Waals surface area contributed by atoms with Crippen molar-refractivity contribution >= 4 is 22.5 Å². The van der Waals surface area contributed by atoms with Crippen LogP contribution in [0.25, 0.3) is 10.9 Å². The number of rotatable bonds is 7. The van der Waals surface area contributed by atoms with Gasteiger partial charge < -0.3 is 14.6 Å². The van der Waals surface area contributed by atoms with Crippen LogP contribution in [0.4, 0.5) is 5.69 Å². The van der Waals surface area contributed by atoms with E-state index in [0.717, 1.165) is 23.9 Å². The highest BCUT2D eigenvalue weighted by Crippen LogP contribution is 2.53. The second-order valence-electron chi connectivity index (χ2n) is 11.3. The molecule has 0 radical (unpaired) electrons. The number of methoxy groups -OCH3 is 1. The van der Waals surface area contributed by atoms with E-state index in [4.69, 9.17) is 9.47 Å². The van der Waals surface area contributed by atoms with Crippen molar-refractivity contribution in [1.82, 2.24) is 9.47 Å². The van der Waals surface area contributed by atoms with Crippen LogP contribution in [0.1, 0.15) is 40.0 Å². The third-order valence-corrected chi connectivity index (χ3v) is 7.45. The molecule has 1 aliphatic heterocycles. The van der Waals surface area contributed by atoms with Gasteiger partial charge in [0.05, 0.1) is 19.3 Å². The van der Waals surface area contributed by atoms with Crippen molar-refractivity contribution in [2.24, 2.45) is 21.1 Å². The van der Waals surface area contributed by atoms with Gasteiger partial charge in [-0.2, -0.15) is 0 Å². The van der Waals surface area contributed by atoms with E-state index < -0.39 is 5.91 Å². The molecule has 190 valence electrons. The molecule has 2 bridgehead atoms. The summed E-state index contributed by atoms with van der Waals surface area (Å²) in [5.74, 6) is 0.451. The molecule has 3 aromatic rings. The molecule has 36 heavy (non-hydrogen) atoms. The third kappa shape index (κ3) is 4.69. The smallest absolute Gasteiger partial charge is 0.302 e. The normalized spacial score (nSPS) is 23.4. The SMILES string of the molecule is COc1ccccc1OCC(=O)N=Nc1c(O)n(CN2C[C@@]3(C)C[C@H]2CC(C)(C)C3)c2ccccc12. The molecule has 1 aliphatic carbocycles. The molecule has 5 rings (SSSR count). The van der Waals surface area contributed by atoms with E-state index in [2.05, 4.69) is 35.9 Å². The summed E-state index contributed by atoms with van der Waals surface area (Å²) >= 11 is 0. The van der Waals surface area contributed by atoms with E-state index in [0.29, 0.717) is 40.7 Å². The Labute approximate surface area is 211 Å². The van der Waals surface area contributed by atoms with Gasteiger partial charge in [-0.25, -0.2) is 0 Å². The number of hydrogen-bond acceptors (Lipinski definition) is 6. The molecule has 8 nitrogen and oxygen atoms in total. The molecular formula is C28H34N4O4. The highest BCUT2D eigenvalue weighted by atomic mass is 16.5. The Bertz CT molecular complexity index is 1310. The molecule has 2 fully saturated rings. The molecule has 2 atom stereocenters. The van der Waals surface area contributed by atoms with Crippen molar-refractivity contribution in [1.29, 1.82) is 0 Å². The standard InChI is InChI=1S/C28H34N4O4/c1-27(2)13-19-14-28(3,16-27)17-31(19)18-32-21-10-6-5-9-20(21)25(26(32)34)30-29-24(33)15-36-23-12-8-7-11-22(23)35-4/h5-12,19,34H,13-18H2,1-4H3/t19-,28+/m1/s1. The van der Waals surface area contributed by atoms with Gasteiger partial charge in [-0.15, -0.1) is 10.2 Å². The lowest BCUT2D eigenvalue weighted by Gasteiger charge is -2.40. The van der Waals surface area contributed by atoms with Crippen LogP contribution < -0.4 is 9.47 Å². The Kier molecular flexibility index (Phi) is 6.24. The summed E-state index contributed by atoms with van der Waals surface area (Å²) in [6.07, 6.45) is 3.55. The van der Waals surface area contributed by atoms with Gasteiger partial charge in [-0.05, 0) is 48.3 Å². The maximum Gasteiger partial charge on any atom is 0.302 e. The predicted molar refractivity (Wildman–Crippen MR) is 138 cm³/mol. The lowest BCUT2D eigenvalue weighted by molar-refractivity contribution is -0.120. The van der Waals surface area contributed by atoms with Gasteiger partial charge >= 0.3 is 5.91 Å². The van der Waals surface area contributed by atoms with Crippen LogP contribution in [0, 0.1) is 10.8 Å². The van der Waals surface area contributed by atoms with Crippen molar-refractivity contribution in [3.63, 3.8) is 0 Å². The molecule has 1 amide bonds. The average molecular weight is 491 g/mol. The third-order valence-electron chi connectivity index (χ3n) is 7.45. The van der Waals surface area contributed by atoms with Crippen molar-refractivity contribution < 1.29 is 19.4 Å². The summed E-state index contributed by atoms with van der Waals surface area (Å²) in [7, 11) is 1.54. The minimum Gasteiger partial charge on any atom is -0.493 e. The number of nitrogens with zero attached hydrogens (tertiary/aromatic N) is 4. The highest BCUT2D eigenvalue weighted by Gasteiger charge is 2.49. The molecule has 0 unspecified atom stereocenters. The quantitative estimate of drug-likeness (QED) is 0.416. The monoisotopic (exact) mass is 490 g/mol. The lowest BCUT2D eigenvalue weighted by atomic mass is 9.65. The van der Waals surface area contributed by atoms with Crippen LogP contribution in [0.3, 0.4) is 0 Å². The molecule has 1 N–H and O–H groups in total. The van der Waals surface area contributed by atoms with Crippen LogP contribution in [-0.2, 0) is 11.5 Å². The van der Waals surface area contributed by atoms with Gasteiger partial charge in [-0.1, -0.05) is 51.1 Å². The minimum absolute atomic E-state index is 0.0178. The Balaban J connectivity index is 1.36. The first kappa shape index (κ1) is 24.3. The number of carbonyl (C=O) groups is 1. The van der Waals surface area contributed by atoms with E-state index in [9.17, 15) is 9.90 Å². The van der Waals surface area contributed by atoms with Crippen molar-refractivity contribution in [3.05, 3.63) is 48.5 Å². The largest absolute Gasteiger partial charge is 0.493 e. The van der Waals surface area contributed by atoms with Crippen molar-refractivity contribution in [3.8, 4) is 17.4 Å². The maximum atomic E-state index is 12.4. The molecule has 1 aromatic heterocycles. The Morgan fingerprint density at radius 2 is 1.81 bits per heavy atom. The molecule has 2 aromatic carbocycles. The van der Waals surface area contributed by atoms with Crippen molar-refractivity contribution in [2.75, 3.05) is 20.3 Å².